The number of anilines is 1. The summed E-state index contributed by atoms with van der Waals surface area (Å²) in [6.07, 6.45) is 0. The number of para-hydroxylation sites is 1. The zero-order valence-electron chi connectivity index (χ0n) is 14.5. The number of hydrogen-bond acceptors (Lipinski definition) is 7. The fourth-order valence-corrected chi connectivity index (χ4v) is 1.98. The predicted molar refractivity (Wildman–Crippen MR) is 95.2 cm³/mol. The normalized spacial score (nSPS) is 9.41. The number of nitro groups is 1. The molecule has 0 unspecified atom stereocenters. The molecule has 10 heteroatoms. The third-order valence-corrected chi connectivity index (χ3v) is 3.22. The molecule has 2 aromatic rings. The molecular weight excluding hydrogens is 360 g/mol. The quantitative estimate of drug-likeness (QED) is 0.391. The highest BCUT2D eigenvalue weighted by Crippen LogP contribution is 2.34. The van der Waals surface area contributed by atoms with Crippen molar-refractivity contribution in [3.63, 3.8) is 0 Å². The highest BCUT2D eigenvalue weighted by atomic mass is 16.6. The van der Waals surface area contributed by atoms with Crippen molar-refractivity contribution >= 4 is 23.3 Å². The number of carboxylic acid groups (broad SMARTS) is 2. The van der Waals surface area contributed by atoms with Gasteiger partial charge in [0.1, 0.15) is 0 Å². The molecule has 0 atom stereocenters. The Hall–Kier alpha value is -3.82. The van der Waals surface area contributed by atoms with Crippen LogP contribution in [-0.4, -0.2) is 41.3 Å². The molecule has 2 aromatic carbocycles. The topological polar surface area (TPSA) is 148 Å². The van der Waals surface area contributed by atoms with Crippen LogP contribution in [0.4, 0.5) is 11.4 Å². The van der Waals surface area contributed by atoms with Crippen LogP contribution in [-0.2, 0) is 16.1 Å². The second-order valence-electron chi connectivity index (χ2n) is 4.92. The number of benzene rings is 2. The number of carboxylic acids is 2. The average Bonchev–Trinajstić information content (AvgIpc) is 2.66. The predicted octanol–water partition coefficient (Wildman–Crippen LogP) is 2.38. The summed E-state index contributed by atoms with van der Waals surface area (Å²) in [6, 6.07) is 12.5. The van der Waals surface area contributed by atoms with E-state index in [9.17, 15) is 10.1 Å². The van der Waals surface area contributed by atoms with Gasteiger partial charge < -0.3 is 25.0 Å². The Labute approximate surface area is 154 Å². The number of aliphatic carboxylic acids is 2. The van der Waals surface area contributed by atoms with Crippen molar-refractivity contribution in [2.24, 2.45) is 0 Å². The lowest BCUT2D eigenvalue weighted by Crippen LogP contribution is -2.09. The third kappa shape index (κ3) is 6.53. The maximum Gasteiger partial charge on any atom is 0.414 e. The Balaban J connectivity index is 0.000000527. The van der Waals surface area contributed by atoms with Crippen molar-refractivity contribution in [1.29, 1.82) is 0 Å². The summed E-state index contributed by atoms with van der Waals surface area (Å²) in [5.41, 5.74) is 1.42. The summed E-state index contributed by atoms with van der Waals surface area (Å²) in [4.78, 5) is 29.0. The van der Waals surface area contributed by atoms with E-state index in [1.54, 1.807) is 6.07 Å². The van der Waals surface area contributed by atoms with Crippen LogP contribution in [0.3, 0.4) is 0 Å². The van der Waals surface area contributed by atoms with Gasteiger partial charge >= 0.3 is 11.9 Å². The molecule has 144 valence electrons. The third-order valence-electron chi connectivity index (χ3n) is 3.22. The van der Waals surface area contributed by atoms with Crippen LogP contribution >= 0.6 is 0 Å². The number of hydrogen-bond donors (Lipinski definition) is 3. The van der Waals surface area contributed by atoms with E-state index in [-0.39, 0.29) is 5.69 Å². The molecule has 0 aliphatic carbocycles. The second-order valence-corrected chi connectivity index (χ2v) is 4.92. The minimum Gasteiger partial charge on any atom is -0.493 e. The summed E-state index contributed by atoms with van der Waals surface area (Å²) in [6.45, 7) is 0.320. The Morgan fingerprint density at radius 2 is 1.56 bits per heavy atom. The molecule has 10 nitrogen and oxygen atoms in total. The minimum atomic E-state index is -1.82. The highest BCUT2D eigenvalue weighted by molar-refractivity contribution is 6.27. The van der Waals surface area contributed by atoms with Crippen molar-refractivity contribution < 1.29 is 34.2 Å². The van der Waals surface area contributed by atoms with Gasteiger partial charge in [-0.3, -0.25) is 10.1 Å². The molecule has 0 bridgehead atoms. The first kappa shape index (κ1) is 21.2. The van der Waals surface area contributed by atoms with E-state index < -0.39 is 16.9 Å². The molecule has 0 heterocycles. The van der Waals surface area contributed by atoms with E-state index >= 15 is 0 Å². The molecule has 0 fully saturated rings. The van der Waals surface area contributed by atoms with Gasteiger partial charge in [0.15, 0.2) is 11.5 Å². The van der Waals surface area contributed by atoms with E-state index in [4.69, 9.17) is 29.3 Å². The fourth-order valence-electron chi connectivity index (χ4n) is 1.98. The van der Waals surface area contributed by atoms with Crippen molar-refractivity contribution in [1.82, 2.24) is 0 Å². The monoisotopic (exact) mass is 378 g/mol. The zero-order valence-corrected chi connectivity index (χ0v) is 14.5. The lowest BCUT2D eigenvalue weighted by molar-refractivity contribution is -0.385. The maximum atomic E-state index is 11.2. The number of methoxy groups -OCH3 is 2. The summed E-state index contributed by atoms with van der Waals surface area (Å²) in [7, 11) is 2.95. The largest absolute Gasteiger partial charge is 0.493 e. The Kier molecular flexibility index (Phi) is 8.04. The molecule has 0 spiro atoms. The van der Waals surface area contributed by atoms with E-state index in [2.05, 4.69) is 5.32 Å². The summed E-state index contributed by atoms with van der Waals surface area (Å²) >= 11 is 0. The Morgan fingerprint density at radius 1 is 1.04 bits per heavy atom. The molecule has 0 saturated heterocycles. The number of rotatable bonds is 6. The second kappa shape index (κ2) is 10.2. The van der Waals surface area contributed by atoms with Gasteiger partial charge in [-0.15, -0.1) is 0 Å². The van der Waals surface area contributed by atoms with Gasteiger partial charge in [-0.25, -0.2) is 9.59 Å². The minimum absolute atomic E-state index is 0.00363. The van der Waals surface area contributed by atoms with Crippen LogP contribution in [0.25, 0.3) is 0 Å². The molecule has 0 saturated carbocycles. The summed E-state index contributed by atoms with van der Waals surface area (Å²) in [5.74, 6) is -2.84. The van der Waals surface area contributed by atoms with Crippen molar-refractivity contribution in [3.05, 3.63) is 58.1 Å². The van der Waals surface area contributed by atoms with E-state index in [0.717, 1.165) is 5.69 Å². The number of nitro benzene ring substituents is 1. The van der Waals surface area contributed by atoms with Gasteiger partial charge in [-0.05, 0) is 18.2 Å². The molecule has 0 aromatic heterocycles. The smallest absolute Gasteiger partial charge is 0.414 e. The van der Waals surface area contributed by atoms with Gasteiger partial charge in [-0.1, -0.05) is 18.2 Å². The van der Waals surface area contributed by atoms with Crippen LogP contribution in [0.1, 0.15) is 5.56 Å². The first-order valence-corrected chi connectivity index (χ1v) is 7.44. The average molecular weight is 378 g/mol. The first-order valence-electron chi connectivity index (χ1n) is 7.44. The standard InChI is InChI=1S/C15H16N2O4.C2H2O4/c1-20-14-8-11(10-16-12-6-4-3-5-7-12)13(17(18)19)9-15(14)21-2;3-1(4)2(5)6/h3-9,16H,10H2,1-2H3;(H,3,4)(H,5,6). The SMILES string of the molecule is COc1cc(CNc2ccccc2)c([N+](=O)[O-])cc1OC.O=C(O)C(=O)O. The Morgan fingerprint density at radius 3 is 2.00 bits per heavy atom. The molecule has 27 heavy (non-hydrogen) atoms. The van der Waals surface area contributed by atoms with Gasteiger partial charge in [0.25, 0.3) is 5.69 Å². The molecule has 0 amide bonds. The maximum absolute atomic E-state index is 11.2. The summed E-state index contributed by atoms with van der Waals surface area (Å²) < 4.78 is 10.3. The summed E-state index contributed by atoms with van der Waals surface area (Å²) in [5, 5.41) is 29.1. The lowest BCUT2D eigenvalue weighted by atomic mass is 10.1. The lowest BCUT2D eigenvalue weighted by Gasteiger charge is -2.11. The van der Waals surface area contributed by atoms with Crippen LogP contribution in [0, 0.1) is 10.1 Å². The van der Waals surface area contributed by atoms with E-state index in [1.807, 2.05) is 30.3 Å². The van der Waals surface area contributed by atoms with Gasteiger partial charge in [0, 0.05) is 12.2 Å². The van der Waals surface area contributed by atoms with Gasteiger partial charge in [-0.2, -0.15) is 0 Å². The number of ether oxygens (including phenoxy) is 2. The molecule has 0 aliphatic rings. The number of nitrogens with one attached hydrogen (secondary N) is 1. The molecular formula is C17H18N2O8. The van der Waals surface area contributed by atoms with Gasteiger partial charge in [0.05, 0.1) is 30.8 Å². The Bertz CT molecular complexity index is 796. The molecule has 0 radical (unpaired) electrons. The van der Waals surface area contributed by atoms with Crippen molar-refractivity contribution in [2.75, 3.05) is 19.5 Å². The molecule has 3 N–H and O–H groups in total. The number of carbonyl (C=O) groups is 2. The zero-order chi connectivity index (χ0) is 20.4. The van der Waals surface area contributed by atoms with Crippen molar-refractivity contribution in [2.45, 2.75) is 6.54 Å². The van der Waals surface area contributed by atoms with Crippen LogP contribution < -0.4 is 14.8 Å². The van der Waals surface area contributed by atoms with Crippen LogP contribution in [0.5, 0.6) is 11.5 Å². The fraction of sp³-hybridized carbons (Fsp3) is 0.176. The van der Waals surface area contributed by atoms with E-state index in [0.29, 0.717) is 23.6 Å². The van der Waals surface area contributed by atoms with E-state index in [1.165, 1.54) is 20.3 Å². The van der Waals surface area contributed by atoms with Crippen molar-refractivity contribution in [3.8, 4) is 11.5 Å². The molecule has 2 rings (SSSR count). The molecule has 0 aliphatic heterocycles. The number of nitrogens with zero attached hydrogens (tertiary/aromatic N) is 1. The van der Waals surface area contributed by atoms with Crippen LogP contribution in [0.2, 0.25) is 0 Å². The van der Waals surface area contributed by atoms with Crippen LogP contribution in [0.15, 0.2) is 42.5 Å². The first-order chi connectivity index (χ1) is 12.8. The highest BCUT2D eigenvalue weighted by Gasteiger charge is 2.19. The van der Waals surface area contributed by atoms with Gasteiger partial charge in [0.2, 0.25) is 0 Å².